The van der Waals surface area contributed by atoms with Crippen LogP contribution in [0, 0.1) is 0 Å². The number of likely N-dealkylation sites (N-methyl/N-ethyl adjacent to an activating group) is 1. The molecular formula is C13H23N3. The van der Waals surface area contributed by atoms with E-state index in [9.17, 15) is 0 Å². The van der Waals surface area contributed by atoms with E-state index in [1.165, 1.54) is 17.0 Å². The van der Waals surface area contributed by atoms with Crippen LogP contribution < -0.4 is 5.32 Å². The topological polar surface area (TPSA) is 37.8 Å². The van der Waals surface area contributed by atoms with Gasteiger partial charge in [-0.2, -0.15) is 0 Å². The average molecular weight is 221 g/mol. The van der Waals surface area contributed by atoms with Gasteiger partial charge in [-0.1, -0.05) is 20.8 Å². The molecule has 3 nitrogen and oxygen atoms in total. The van der Waals surface area contributed by atoms with Gasteiger partial charge in [-0.25, -0.2) is 9.97 Å². The van der Waals surface area contributed by atoms with Crippen LogP contribution in [0.2, 0.25) is 0 Å². The standard InChI is InChI=1S/C13H23N3/c1-5-11-10(8-9-14-4)12(6-2)16-13(7-3)15-11/h14H,5-9H2,1-4H3. The maximum absolute atomic E-state index is 4.63. The largest absolute Gasteiger partial charge is 0.319 e. The molecule has 1 aromatic rings. The Bertz CT molecular complexity index is 309. The average Bonchev–Trinajstić information content (AvgIpc) is 2.35. The Morgan fingerprint density at radius 2 is 1.50 bits per heavy atom. The lowest BCUT2D eigenvalue weighted by molar-refractivity contribution is 0.745. The van der Waals surface area contributed by atoms with E-state index in [2.05, 4.69) is 36.1 Å². The molecule has 3 heteroatoms. The molecule has 0 spiro atoms. The number of hydrogen-bond acceptors (Lipinski definition) is 3. The van der Waals surface area contributed by atoms with Crippen molar-refractivity contribution in [3.63, 3.8) is 0 Å². The van der Waals surface area contributed by atoms with Crippen LogP contribution in [0.5, 0.6) is 0 Å². The van der Waals surface area contributed by atoms with Gasteiger partial charge < -0.3 is 5.32 Å². The Kier molecular flexibility index (Phi) is 5.39. The highest BCUT2D eigenvalue weighted by Crippen LogP contribution is 2.14. The van der Waals surface area contributed by atoms with Crippen molar-refractivity contribution in [1.29, 1.82) is 0 Å². The molecule has 0 bridgehead atoms. The smallest absolute Gasteiger partial charge is 0.128 e. The highest BCUT2D eigenvalue weighted by atomic mass is 14.9. The molecule has 0 aliphatic carbocycles. The summed E-state index contributed by atoms with van der Waals surface area (Å²) in [4.78, 5) is 9.26. The first-order chi connectivity index (χ1) is 7.76. The maximum atomic E-state index is 4.63. The summed E-state index contributed by atoms with van der Waals surface area (Å²) in [5.41, 5.74) is 3.83. The SMILES string of the molecule is CCc1nc(CC)c(CCNC)c(CC)n1. The van der Waals surface area contributed by atoms with Crippen LogP contribution >= 0.6 is 0 Å². The van der Waals surface area contributed by atoms with E-state index < -0.39 is 0 Å². The summed E-state index contributed by atoms with van der Waals surface area (Å²) in [5.74, 6) is 0.988. The van der Waals surface area contributed by atoms with Gasteiger partial charge in [0.05, 0.1) is 0 Å². The molecule has 0 atom stereocenters. The summed E-state index contributed by atoms with van der Waals surface area (Å²) in [7, 11) is 1.98. The van der Waals surface area contributed by atoms with E-state index in [0.29, 0.717) is 0 Å². The van der Waals surface area contributed by atoms with Gasteiger partial charge in [-0.3, -0.25) is 0 Å². The minimum Gasteiger partial charge on any atom is -0.319 e. The molecule has 1 rings (SSSR count). The molecule has 0 amide bonds. The molecule has 1 heterocycles. The Morgan fingerprint density at radius 3 is 1.88 bits per heavy atom. The third-order valence-corrected chi connectivity index (χ3v) is 2.84. The van der Waals surface area contributed by atoms with Gasteiger partial charge in [-0.15, -0.1) is 0 Å². The summed E-state index contributed by atoms with van der Waals surface area (Å²) in [5, 5.41) is 3.19. The Labute approximate surface area is 98.7 Å². The molecule has 0 fully saturated rings. The molecule has 90 valence electrons. The van der Waals surface area contributed by atoms with E-state index in [0.717, 1.165) is 38.1 Å². The lowest BCUT2D eigenvalue weighted by Crippen LogP contribution is -2.16. The molecule has 0 aromatic carbocycles. The minimum atomic E-state index is 0.923. The monoisotopic (exact) mass is 221 g/mol. The van der Waals surface area contributed by atoms with Gasteiger partial charge in [-0.05, 0) is 38.4 Å². The van der Waals surface area contributed by atoms with Crippen LogP contribution in [0.4, 0.5) is 0 Å². The maximum Gasteiger partial charge on any atom is 0.128 e. The van der Waals surface area contributed by atoms with Crippen LogP contribution in [-0.2, 0) is 25.7 Å². The van der Waals surface area contributed by atoms with Crippen molar-refractivity contribution < 1.29 is 0 Å². The molecule has 16 heavy (non-hydrogen) atoms. The van der Waals surface area contributed by atoms with E-state index >= 15 is 0 Å². The first-order valence-corrected chi connectivity index (χ1v) is 6.28. The Balaban J connectivity index is 3.09. The molecule has 0 saturated heterocycles. The fraction of sp³-hybridized carbons (Fsp3) is 0.692. The third kappa shape index (κ3) is 3.01. The first kappa shape index (κ1) is 13.1. The second-order valence-corrected chi connectivity index (χ2v) is 3.93. The normalized spacial score (nSPS) is 10.8. The van der Waals surface area contributed by atoms with E-state index in [-0.39, 0.29) is 0 Å². The van der Waals surface area contributed by atoms with E-state index in [1.54, 1.807) is 0 Å². The highest BCUT2D eigenvalue weighted by Gasteiger charge is 2.10. The van der Waals surface area contributed by atoms with Gasteiger partial charge >= 0.3 is 0 Å². The number of nitrogens with one attached hydrogen (secondary N) is 1. The second kappa shape index (κ2) is 6.59. The lowest BCUT2D eigenvalue weighted by Gasteiger charge is -2.13. The minimum absolute atomic E-state index is 0.923. The predicted molar refractivity (Wildman–Crippen MR) is 67.8 cm³/mol. The molecule has 0 saturated carbocycles. The van der Waals surface area contributed by atoms with Crippen molar-refractivity contribution in [2.24, 2.45) is 0 Å². The lowest BCUT2D eigenvalue weighted by atomic mass is 10.0. The summed E-state index contributed by atoms with van der Waals surface area (Å²) in [6.45, 7) is 7.45. The predicted octanol–water partition coefficient (Wildman–Crippen LogP) is 1.93. The Hall–Kier alpha value is -0.960. The van der Waals surface area contributed by atoms with Crippen molar-refractivity contribution >= 4 is 0 Å². The van der Waals surface area contributed by atoms with Crippen molar-refractivity contribution in [3.05, 3.63) is 22.8 Å². The van der Waals surface area contributed by atoms with E-state index in [4.69, 9.17) is 0 Å². The van der Waals surface area contributed by atoms with Crippen LogP contribution in [0.3, 0.4) is 0 Å². The number of aryl methyl sites for hydroxylation is 3. The van der Waals surface area contributed by atoms with Gasteiger partial charge in [0.15, 0.2) is 0 Å². The molecule has 1 N–H and O–H groups in total. The fourth-order valence-electron chi connectivity index (χ4n) is 1.92. The van der Waals surface area contributed by atoms with Gasteiger partial charge in [0.2, 0.25) is 0 Å². The van der Waals surface area contributed by atoms with Crippen LogP contribution in [0.1, 0.15) is 43.5 Å². The molecule has 0 aliphatic heterocycles. The van der Waals surface area contributed by atoms with Gasteiger partial charge in [0.25, 0.3) is 0 Å². The summed E-state index contributed by atoms with van der Waals surface area (Å²) in [6.07, 6.45) is 3.96. The Morgan fingerprint density at radius 1 is 0.938 bits per heavy atom. The van der Waals surface area contributed by atoms with Crippen LogP contribution in [-0.4, -0.2) is 23.6 Å². The van der Waals surface area contributed by atoms with Crippen molar-refractivity contribution in [2.75, 3.05) is 13.6 Å². The zero-order chi connectivity index (χ0) is 12.0. The molecular weight excluding hydrogens is 198 g/mol. The quantitative estimate of drug-likeness (QED) is 0.797. The summed E-state index contributed by atoms with van der Waals surface area (Å²) in [6, 6.07) is 0. The fourth-order valence-corrected chi connectivity index (χ4v) is 1.92. The first-order valence-electron chi connectivity index (χ1n) is 6.28. The second-order valence-electron chi connectivity index (χ2n) is 3.93. The van der Waals surface area contributed by atoms with Gasteiger partial charge in [0, 0.05) is 17.8 Å². The highest BCUT2D eigenvalue weighted by molar-refractivity contribution is 5.27. The molecule has 0 aliphatic rings. The summed E-state index contributed by atoms with van der Waals surface area (Å²) >= 11 is 0. The number of nitrogens with zero attached hydrogens (tertiary/aromatic N) is 2. The zero-order valence-corrected chi connectivity index (χ0v) is 10.9. The van der Waals surface area contributed by atoms with Crippen molar-refractivity contribution in [2.45, 2.75) is 46.5 Å². The van der Waals surface area contributed by atoms with E-state index in [1.807, 2.05) is 7.05 Å². The zero-order valence-electron chi connectivity index (χ0n) is 10.9. The van der Waals surface area contributed by atoms with Gasteiger partial charge in [0.1, 0.15) is 5.82 Å². The molecule has 1 aromatic heterocycles. The van der Waals surface area contributed by atoms with Crippen LogP contribution in [0.25, 0.3) is 0 Å². The van der Waals surface area contributed by atoms with Crippen molar-refractivity contribution in [1.82, 2.24) is 15.3 Å². The number of aromatic nitrogens is 2. The molecule has 0 unspecified atom stereocenters. The van der Waals surface area contributed by atoms with Crippen LogP contribution in [0.15, 0.2) is 0 Å². The number of rotatable bonds is 6. The van der Waals surface area contributed by atoms with Crippen molar-refractivity contribution in [3.8, 4) is 0 Å². The number of hydrogen-bond donors (Lipinski definition) is 1. The third-order valence-electron chi connectivity index (χ3n) is 2.84. The summed E-state index contributed by atoms with van der Waals surface area (Å²) < 4.78 is 0. The molecule has 0 radical (unpaired) electrons.